The molecule has 1 rings (SSSR count). The Bertz CT molecular complexity index is 409. The second kappa shape index (κ2) is 15.2. The highest BCUT2D eigenvalue weighted by Gasteiger charge is 2.18. The molecule has 0 atom stereocenters. The Morgan fingerprint density at radius 2 is 0.852 bits per heavy atom. The normalized spacial score (nSPS) is 10.2. The standard InChI is InChI=1S/C9H18N6O6.C5H12O/c16-1-13(2-17)7-10-8(14(3-18)4-19)12-9(11-7)15(5-20)6-21;1-2-3-4-5-6/h16-21H,1-6H2;6H,2-5H2,1H3. The maximum absolute atomic E-state index is 9.11. The highest BCUT2D eigenvalue weighted by atomic mass is 16.3. The summed E-state index contributed by atoms with van der Waals surface area (Å²) >= 11 is 0. The fourth-order valence-corrected chi connectivity index (χ4v) is 1.64. The van der Waals surface area contributed by atoms with E-state index in [-0.39, 0.29) is 17.8 Å². The topological polar surface area (TPSA) is 190 Å². The number of aliphatic hydroxyl groups excluding tert-OH is 7. The van der Waals surface area contributed by atoms with Crippen LogP contribution in [0.25, 0.3) is 0 Å². The van der Waals surface area contributed by atoms with E-state index in [2.05, 4.69) is 21.9 Å². The molecule has 13 heteroatoms. The predicted octanol–water partition coefficient (Wildman–Crippen LogP) is -2.84. The van der Waals surface area contributed by atoms with Gasteiger partial charge >= 0.3 is 0 Å². The van der Waals surface area contributed by atoms with E-state index in [1.54, 1.807) is 0 Å². The van der Waals surface area contributed by atoms with E-state index < -0.39 is 40.4 Å². The van der Waals surface area contributed by atoms with E-state index in [0.717, 1.165) is 27.5 Å². The molecule has 0 bridgehead atoms. The summed E-state index contributed by atoms with van der Waals surface area (Å²) in [5, 5.41) is 62.8. The van der Waals surface area contributed by atoms with Crippen molar-refractivity contribution in [1.29, 1.82) is 0 Å². The van der Waals surface area contributed by atoms with Crippen LogP contribution in [0, 0.1) is 0 Å². The molecule has 27 heavy (non-hydrogen) atoms. The zero-order chi connectivity index (χ0) is 20.7. The van der Waals surface area contributed by atoms with Gasteiger partial charge in [-0.25, -0.2) is 0 Å². The molecule has 13 nitrogen and oxygen atoms in total. The van der Waals surface area contributed by atoms with Crippen LogP contribution >= 0.6 is 0 Å². The van der Waals surface area contributed by atoms with Crippen molar-refractivity contribution in [3.8, 4) is 0 Å². The third-order valence-electron chi connectivity index (χ3n) is 3.23. The van der Waals surface area contributed by atoms with Crippen LogP contribution in [0.5, 0.6) is 0 Å². The molecule has 1 aromatic heterocycles. The fraction of sp³-hybridized carbons (Fsp3) is 0.786. The molecule has 7 N–H and O–H groups in total. The first-order valence-corrected chi connectivity index (χ1v) is 8.33. The molecule has 1 heterocycles. The molecule has 0 radical (unpaired) electrons. The van der Waals surface area contributed by atoms with Crippen molar-refractivity contribution in [2.45, 2.75) is 26.2 Å². The lowest BCUT2D eigenvalue weighted by molar-refractivity contribution is 0.214. The Morgan fingerprint density at radius 3 is 1.00 bits per heavy atom. The van der Waals surface area contributed by atoms with Gasteiger partial charge in [0.2, 0.25) is 17.8 Å². The average molecular weight is 394 g/mol. The SMILES string of the molecule is CCCCCO.OCN(CO)c1nc(N(CO)CO)nc(N(CO)CO)n1. The molecular formula is C14H30N6O7. The molecule has 0 saturated heterocycles. The monoisotopic (exact) mass is 394 g/mol. The number of aliphatic hydroxyl groups is 7. The van der Waals surface area contributed by atoms with Crippen molar-refractivity contribution in [2.24, 2.45) is 0 Å². The molecule has 0 aliphatic carbocycles. The van der Waals surface area contributed by atoms with Gasteiger partial charge in [-0.05, 0) is 6.42 Å². The summed E-state index contributed by atoms with van der Waals surface area (Å²) in [7, 11) is 0. The van der Waals surface area contributed by atoms with Gasteiger partial charge in [-0.15, -0.1) is 0 Å². The van der Waals surface area contributed by atoms with Crippen molar-refractivity contribution in [3.05, 3.63) is 0 Å². The molecule has 0 aliphatic heterocycles. The Hall–Kier alpha value is -1.87. The number of hydrogen-bond donors (Lipinski definition) is 7. The van der Waals surface area contributed by atoms with Crippen LogP contribution in [0.15, 0.2) is 0 Å². The summed E-state index contributed by atoms with van der Waals surface area (Å²) in [5.41, 5.74) is 0. The molecule has 0 spiro atoms. The lowest BCUT2D eigenvalue weighted by Gasteiger charge is -2.24. The molecule has 0 unspecified atom stereocenters. The third-order valence-corrected chi connectivity index (χ3v) is 3.23. The van der Waals surface area contributed by atoms with E-state index >= 15 is 0 Å². The zero-order valence-corrected chi connectivity index (χ0v) is 15.4. The molecule has 1 aromatic rings. The largest absolute Gasteiger partial charge is 0.396 e. The highest BCUT2D eigenvalue weighted by Crippen LogP contribution is 2.18. The molecule has 0 fully saturated rings. The second-order valence-corrected chi connectivity index (χ2v) is 5.13. The molecule has 0 saturated carbocycles. The van der Waals surface area contributed by atoms with Crippen LogP contribution < -0.4 is 14.7 Å². The smallest absolute Gasteiger partial charge is 0.235 e. The van der Waals surface area contributed by atoms with Gasteiger partial charge in [-0.1, -0.05) is 19.8 Å². The highest BCUT2D eigenvalue weighted by molar-refractivity contribution is 5.45. The lowest BCUT2D eigenvalue weighted by Crippen LogP contribution is -2.34. The van der Waals surface area contributed by atoms with Crippen LogP contribution in [-0.4, -0.2) is 97.7 Å². The average Bonchev–Trinajstić information content (AvgIpc) is 2.70. The summed E-state index contributed by atoms with van der Waals surface area (Å²) < 4.78 is 0. The van der Waals surface area contributed by atoms with Crippen LogP contribution in [0.4, 0.5) is 17.8 Å². The summed E-state index contributed by atoms with van der Waals surface area (Å²) in [5.74, 6) is -0.503. The van der Waals surface area contributed by atoms with E-state index in [4.69, 9.17) is 35.7 Å². The summed E-state index contributed by atoms with van der Waals surface area (Å²) in [6.45, 7) is -1.13. The number of anilines is 3. The first-order chi connectivity index (χ1) is 13.1. The Balaban J connectivity index is 0.000000972. The van der Waals surface area contributed by atoms with Gasteiger partial charge in [0.15, 0.2) is 0 Å². The minimum atomic E-state index is -0.601. The van der Waals surface area contributed by atoms with Crippen molar-refractivity contribution >= 4 is 17.8 Å². The van der Waals surface area contributed by atoms with Crippen molar-refractivity contribution in [2.75, 3.05) is 61.7 Å². The minimum Gasteiger partial charge on any atom is -0.396 e. The zero-order valence-electron chi connectivity index (χ0n) is 15.4. The molecule has 0 amide bonds. The van der Waals surface area contributed by atoms with Crippen LogP contribution in [0.3, 0.4) is 0 Å². The fourth-order valence-electron chi connectivity index (χ4n) is 1.64. The van der Waals surface area contributed by atoms with E-state index in [1.165, 1.54) is 6.42 Å². The Morgan fingerprint density at radius 1 is 0.556 bits per heavy atom. The van der Waals surface area contributed by atoms with Crippen molar-refractivity contribution < 1.29 is 35.7 Å². The van der Waals surface area contributed by atoms with Gasteiger partial charge in [0.05, 0.1) is 0 Å². The second-order valence-electron chi connectivity index (χ2n) is 5.13. The minimum absolute atomic E-state index is 0.168. The molecule has 158 valence electrons. The molecule has 0 aromatic carbocycles. The predicted molar refractivity (Wildman–Crippen MR) is 96.4 cm³/mol. The first-order valence-electron chi connectivity index (χ1n) is 8.33. The lowest BCUT2D eigenvalue weighted by atomic mass is 10.3. The summed E-state index contributed by atoms with van der Waals surface area (Å²) in [6, 6.07) is 0. The van der Waals surface area contributed by atoms with Gasteiger partial charge in [0.1, 0.15) is 40.4 Å². The molecular weight excluding hydrogens is 364 g/mol. The molecule has 0 aliphatic rings. The van der Waals surface area contributed by atoms with Crippen LogP contribution in [-0.2, 0) is 0 Å². The summed E-state index contributed by atoms with van der Waals surface area (Å²) in [4.78, 5) is 14.5. The van der Waals surface area contributed by atoms with E-state index in [0.29, 0.717) is 6.61 Å². The third kappa shape index (κ3) is 8.57. The van der Waals surface area contributed by atoms with Crippen LogP contribution in [0.1, 0.15) is 26.2 Å². The summed E-state index contributed by atoms with van der Waals surface area (Å²) in [6.07, 6.45) is 3.33. The quantitative estimate of drug-likeness (QED) is 0.142. The Kier molecular flexibility index (Phi) is 14.2. The van der Waals surface area contributed by atoms with E-state index in [1.807, 2.05) is 0 Å². The van der Waals surface area contributed by atoms with Gasteiger partial charge in [-0.2, -0.15) is 15.0 Å². The van der Waals surface area contributed by atoms with E-state index in [9.17, 15) is 0 Å². The number of hydrogen-bond acceptors (Lipinski definition) is 13. The maximum atomic E-state index is 9.11. The Labute approximate surface area is 157 Å². The number of unbranched alkanes of at least 4 members (excludes halogenated alkanes) is 2. The van der Waals surface area contributed by atoms with Crippen molar-refractivity contribution in [1.82, 2.24) is 15.0 Å². The van der Waals surface area contributed by atoms with Crippen molar-refractivity contribution in [3.63, 3.8) is 0 Å². The first kappa shape index (κ1) is 25.1. The van der Waals surface area contributed by atoms with Crippen LogP contribution in [0.2, 0.25) is 0 Å². The number of rotatable bonds is 12. The maximum Gasteiger partial charge on any atom is 0.235 e. The van der Waals surface area contributed by atoms with Gasteiger partial charge in [0.25, 0.3) is 0 Å². The number of aromatic nitrogens is 3. The van der Waals surface area contributed by atoms with Gasteiger partial charge < -0.3 is 35.7 Å². The number of nitrogens with zero attached hydrogens (tertiary/aromatic N) is 6. The van der Waals surface area contributed by atoms with Gasteiger partial charge in [0, 0.05) is 6.61 Å². The van der Waals surface area contributed by atoms with Gasteiger partial charge in [-0.3, -0.25) is 14.7 Å².